The van der Waals surface area contributed by atoms with E-state index in [1.165, 1.54) is 37.7 Å². The third-order valence-electron chi connectivity index (χ3n) is 9.27. The Morgan fingerprint density at radius 3 is 1.85 bits per heavy atom. The van der Waals surface area contributed by atoms with Crippen LogP contribution in [0.25, 0.3) is 6.08 Å². The molecular formula is C43H41N5. The van der Waals surface area contributed by atoms with Gasteiger partial charge in [-0.2, -0.15) is 20.8 Å². The summed E-state index contributed by atoms with van der Waals surface area (Å²) in [5.41, 5.74) is 9.49. The Morgan fingerprint density at radius 1 is 0.688 bits per heavy atom. The van der Waals surface area contributed by atoms with Crippen molar-refractivity contribution < 1.29 is 0 Å². The van der Waals surface area contributed by atoms with Gasteiger partial charge in [0.1, 0.15) is 17.7 Å². The number of hydrogen-bond acceptors (Lipinski definition) is 5. The molecule has 1 saturated carbocycles. The van der Waals surface area contributed by atoms with Crippen molar-refractivity contribution in [3.8, 4) is 12.1 Å². The lowest BCUT2D eigenvalue weighted by Crippen LogP contribution is -2.17. The zero-order valence-corrected chi connectivity index (χ0v) is 27.8. The highest BCUT2D eigenvalue weighted by molar-refractivity contribution is 5.77. The molecule has 0 spiro atoms. The van der Waals surface area contributed by atoms with E-state index in [2.05, 4.69) is 102 Å². The van der Waals surface area contributed by atoms with Crippen LogP contribution in [0.2, 0.25) is 0 Å². The lowest BCUT2D eigenvalue weighted by Gasteiger charge is -2.30. The minimum atomic E-state index is -0.00918. The molecule has 0 heterocycles. The second-order valence-electron chi connectivity index (χ2n) is 13.6. The van der Waals surface area contributed by atoms with Gasteiger partial charge in [-0.25, -0.2) is 0 Å². The molecule has 4 aromatic rings. The number of azo groups is 1. The van der Waals surface area contributed by atoms with E-state index in [1.807, 2.05) is 60.7 Å². The van der Waals surface area contributed by atoms with Crippen LogP contribution in [-0.4, -0.2) is 0 Å². The Kier molecular flexibility index (Phi) is 10.1. The molecule has 0 aliphatic heterocycles. The van der Waals surface area contributed by atoms with E-state index in [-0.39, 0.29) is 11.0 Å². The summed E-state index contributed by atoms with van der Waals surface area (Å²) in [5, 5.41) is 27.7. The van der Waals surface area contributed by atoms with Crippen molar-refractivity contribution in [2.75, 3.05) is 4.90 Å². The van der Waals surface area contributed by atoms with Gasteiger partial charge in [-0.15, -0.1) is 0 Å². The van der Waals surface area contributed by atoms with Gasteiger partial charge < -0.3 is 4.90 Å². The van der Waals surface area contributed by atoms with E-state index in [0.29, 0.717) is 5.92 Å². The van der Waals surface area contributed by atoms with Crippen molar-refractivity contribution in [1.82, 2.24) is 0 Å². The molecule has 0 N–H and O–H groups in total. The summed E-state index contributed by atoms with van der Waals surface area (Å²) in [6.45, 7) is 4.34. The van der Waals surface area contributed by atoms with Gasteiger partial charge >= 0.3 is 0 Å². The number of anilines is 3. The first kappa shape index (κ1) is 32.4. The second-order valence-corrected chi connectivity index (χ2v) is 13.6. The summed E-state index contributed by atoms with van der Waals surface area (Å²) in [7, 11) is 0. The van der Waals surface area contributed by atoms with E-state index in [9.17, 15) is 10.5 Å². The van der Waals surface area contributed by atoms with E-state index >= 15 is 0 Å². The molecular weight excluding hydrogens is 587 g/mol. The van der Waals surface area contributed by atoms with Gasteiger partial charge in [0.15, 0.2) is 0 Å². The van der Waals surface area contributed by atoms with Crippen molar-refractivity contribution >= 4 is 34.5 Å². The van der Waals surface area contributed by atoms with Gasteiger partial charge in [-0.05, 0) is 120 Å². The van der Waals surface area contributed by atoms with Gasteiger partial charge in [0.25, 0.3) is 0 Å². The summed E-state index contributed by atoms with van der Waals surface area (Å²) in [5.74, 6) is 0.684. The van der Waals surface area contributed by atoms with Crippen molar-refractivity contribution in [3.05, 3.63) is 143 Å². The SMILES string of the molecule is CC1(C)CC(/C=C/c2ccc(/N=N/c3ccc(N(c4ccccc4)c4ccc(C5CCCCC5)cc4)cc3)cc2)=CC(=C(C#N)C#N)C1. The zero-order valence-electron chi connectivity index (χ0n) is 27.8. The number of hydrogen-bond donors (Lipinski definition) is 0. The first-order valence-corrected chi connectivity index (χ1v) is 16.9. The molecule has 0 radical (unpaired) electrons. The van der Waals surface area contributed by atoms with Crippen LogP contribution in [0, 0.1) is 28.1 Å². The Balaban J connectivity index is 1.15. The summed E-state index contributed by atoms with van der Waals surface area (Å²) in [6, 6.07) is 39.9. The molecule has 5 nitrogen and oxygen atoms in total. The molecule has 0 saturated heterocycles. The molecule has 1 fully saturated rings. The largest absolute Gasteiger partial charge is 0.311 e. The molecule has 6 rings (SSSR count). The fraction of sp³-hybridized carbons (Fsp3) is 0.256. The van der Waals surface area contributed by atoms with Crippen molar-refractivity contribution in [1.29, 1.82) is 10.5 Å². The smallest absolute Gasteiger partial charge is 0.132 e. The minimum absolute atomic E-state index is 0.00918. The number of rotatable bonds is 8. The predicted octanol–water partition coefficient (Wildman–Crippen LogP) is 12.7. The molecule has 0 amide bonds. The zero-order chi connectivity index (χ0) is 33.3. The fourth-order valence-corrected chi connectivity index (χ4v) is 6.89. The maximum Gasteiger partial charge on any atom is 0.132 e. The van der Waals surface area contributed by atoms with Crippen LogP contribution in [0.5, 0.6) is 0 Å². The Bertz CT molecular complexity index is 1890. The lowest BCUT2D eigenvalue weighted by atomic mass is 9.74. The molecule has 4 aromatic carbocycles. The monoisotopic (exact) mass is 627 g/mol. The quantitative estimate of drug-likeness (QED) is 0.144. The van der Waals surface area contributed by atoms with Crippen LogP contribution in [0.15, 0.2) is 142 Å². The topological polar surface area (TPSA) is 75.5 Å². The lowest BCUT2D eigenvalue weighted by molar-refractivity contribution is 0.354. The molecule has 5 heteroatoms. The highest BCUT2D eigenvalue weighted by Crippen LogP contribution is 2.40. The fourth-order valence-electron chi connectivity index (χ4n) is 6.89. The molecule has 0 bridgehead atoms. The van der Waals surface area contributed by atoms with Crippen LogP contribution in [0.1, 0.15) is 75.8 Å². The van der Waals surface area contributed by atoms with Gasteiger partial charge in [-0.3, -0.25) is 0 Å². The first-order chi connectivity index (χ1) is 23.4. The van der Waals surface area contributed by atoms with Crippen LogP contribution in [0.3, 0.4) is 0 Å². The van der Waals surface area contributed by atoms with Crippen molar-refractivity contribution in [2.45, 2.75) is 64.7 Å². The standard InChI is InChI=1S/C43H41N5/c1-43(2)28-33(27-36(29-43)37(30-44)31-45)14-13-32-15-19-38(20-16-32)46-47-39-21-25-42(26-22-39)48(40-11-7-4-8-12-40)41-23-17-35(18-24-41)34-9-5-3-6-10-34/h4,7-8,11-27,34H,3,5-6,9-10,28-29H2,1-2H3/b14-13+,47-46+. The Labute approximate surface area is 284 Å². The molecule has 238 valence electrons. The molecule has 2 aliphatic rings. The summed E-state index contributed by atoms with van der Waals surface area (Å²) in [4.78, 5) is 2.28. The molecule has 2 aliphatic carbocycles. The third-order valence-corrected chi connectivity index (χ3v) is 9.27. The van der Waals surface area contributed by atoms with Crippen molar-refractivity contribution in [3.63, 3.8) is 0 Å². The molecule has 48 heavy (non-hydrogen) atoms. The minimum Gasteiger partial charge on any atom is -0.311 e. The maximum absolute atomic E-state index is 9.35. The molecule has 0 unspecified atom stereocenters. The van der Waals surface area contributed by atoms with E-state index < -0.39 is 0 Å². The van der Waals surface area contributed by atoms with Crippen LogP contribution < -0.4 is 4.90 Å². The normalized spacial score (nSPS) is 16.3. The second kappa shape index (κ2) is 14.9. The van der Waals surface area contributed by atoms with Crippen molar-refractivity contribution in [2.24, 2.45) is 15.6 Å². The highest BCUT2D eigenvalue weighted by atomic mass is 15.1. The maximum atomic E-state index is 9.35. The van der Waals surface area contributed by atoms with Crippen LogP contribution >= 0.6 is 0 Å². The third kappa shape index (κ3) is 8.06. The highest BCUT2D eigenvalue weighted by Gasteiger charge is 2.26. The molecule has 0 atom stereocenters. The first-order valence-electron chi connectivity index (χ1n) is 16.9. The number of allylic oxidation sites excluding steroid dienone is 5. The van der Waals surface area contributed by atoms with Crippen LogP contribution in [0.4, 0.5) is 28.4 Å². The van der Waals surface area contributed by atoms with Gasteiger partial charge in [0.2, 0.25) is 0 Å². The van der Waals surface area contributed by atoms with Gasteiger partial charge in [0.05, 0.1) is 11.4 Å². The van der Waals surface area contributed by atoms with E-state index in [4.69, 9.17) is 0 Å². The Morgan fingerprint density at radius 2 is 1.25 bits per heavy atom. The summed E-state index contributed by atoms with van der Waals surface area (Å²) >= 11 is 0. The van der Waals surface area contributed by atoms with Crippen LogP contribution in [-0.2, 0) is 0 Å². The average molecular weight is 628 g/mol. The predicted molar refractivity (Wildman–Crippen MR) is 196 cm³/mol. The average Bonchev–Trinajstić information content (AvgIpc) is 3.12. The van der Waals surface area contributed by atoms with Gasteiger partial charge in [0, 0.05) is 17.1 Å². The van der Waals surface area contributed by atoms with E-state index in [1.54, 1.807) is 0 Å². The number of benzene rings is 4. The van der Waals surface area contributed by atoms with E-state index in [0.717, 1.165) is 58.0 Å². The number of nitriles is 2. The number of nitrogens with zero attached hydrogens (tertiary/aromatic N) is 5. The summed E-state index contributed by atoms with van der Waals surface area (Å²) < 4.78 is 0. The molecule has 0 aromatic heterocycles. The number of para-hydroxylation sites is 1. The van der Waals surface area contributed by atoms with Gasteiger partial charge in [-0.1, -0.05) is 93.8 Å². The summed E-state index contributed by atoms with van der Waals surface area (Å²) in [6.07, 6.45) is 14.4. The Hall–Kier alpha value is -5.52.